The second-order valence-electron chi connectivity index (χ2n) is 7.12. The van der Waals surface area contributed by atoms with Crippen LogP contribution in [0.5, 0.6) is 23.0 Å². The molecule has 0 bridgehead atoms. The van der Waals surface area contributed by atoms with E-state index in [0.29, 0.717) is 13.4 Å². The fourth-order valence-corrected chi connectivity index (χ4v) is 3.62. The Morgan fingerprint density at radius 3 is 2.17 bits per heavy atom. The largest absolute Gasteiger partial charge is 0.454 e. The topological polar surface area (TPSA) is 46.2 Å². The molecule has 0 aromatic heterocycles. The lowest BCUT2D eigenvalue weighted by Gasteiger charge is -2.19. The highest BCUT2D eigenvalue weighted by molar-refractivity contribution is 5.46. The maximum absolute atomic E-state index is 6.34. The fraction of sp³-hybridized carbons (Fsp3) is 0.250. The van der Waals surface area contributed by atoms with Gasteiger partial charge in [0.15, 0.2) is 23.0 Å². The molecule has 3 aromatic rings. The highest BCUT2D eigenvalue weighted by Crippen LogP contribution is 2.37. The molecule has 148 valence electrons. The van der Waals surface area contributed by atoms with Crippen LogP contribution in [-0.4, -0.2) is 13.6 Å². The molecular weight excluding hydrogens is 368 g/mol. The molecule has 29 heavy (non-hydrogen) atoms. The molecule has 0 amide bonds. The summed E-state index contributed by atoms with van der Waals surface area (Å²) in [4.78, 5) is 0. The lowest BCUT2D eigenvalue weighted by molar-refractivity contribution is 0.0339. The third-order valence-corrected chi connectivity index (χ3v) is 5.19. The minimum absolute atomic E-state index is 0.0601. The number of hydrogen-bond donors (Lipinski definition) is 0. The number of benzene rings is 3. The van der Waals surface area contributed by atoms with Crippen LogP contribution in [0.2, 0.25) is 0 Å². The van der Waals surface area contributed by atoms with Gasteiger partial charge in [-0.1, -0.05) is 42.5 Å². The van der Waals surface area contributed by atoms with Gasteiger partial charge in [-0.3, -0.25) is 0 Å². The minimum atomic E-state index is -0.0601. The van der Waals surface area contributed by atoms with Crippen LogP contribution in [0.15, 0.2) is 66.7 Å². The molecule has 2 aliphatic rings. The third-order valence-electron chi connectivity index (χ3n) is 5.19. The number of fused-ring (bicyclic) bond motifs is 2. The molecule has 0 fully saturated rings. The van der Waals surface area contributed by atoms with Crippen molar-refractivity contribution in [1.82, 2.24) is 0 Å². The quantitative estimate of drug-likeness (QED) is 0.566. The van der Waals surface area contributed by atoms with E-state index in [2.05, 4.69) is 30.3 Å². The molecule has 3 aromatic carbocycles. The van der Waals surface area contributed by atoms with E-state index in [4.69, 9.17) is 23.7 Å². The first-order valence-corrected chi connectivity index (χ1v) is 9.79. The summed E-state index contributed by atoms with van der Waals surface area (Å²) < 4.78 is 28.2. The van der Waals surface area contributed by atoms with E-state index in [1.54, 1.807) is 0 Å². The van der Waals surface area contributed by atoms with Gasteiger partial charge in [0, 0.05) is 0 Å². The van der Waals surface area contributed by atoms with Gasteiger partial charge in [-0.15, -0.1) is 0 Å². The van der Waals surface area contributed by atoms with Crippen LogP contribution in [-0.2, 0) is 17.8 Å². The van der Waals surface area contributed by atoms with E-state index in [1.165, 1.54) is 5.56 Å². The van der Waals surface area contributed by atoms with Gasteiger partial charge < -0.3 is 23.7 Å². The molecule has 1 unspecified atom stereocenters. The van der Waals surface area contributed by atoms with Crippen molar-refractivity contribution in [2.24, 2.45) is 0 Å². The molecule has 0 saturated carbocycles. The molecule has 2 aliphatic heterocycles. The van der Waals surface area contributed by atoms with Crippen LogP contribution in [0.3, 0.4) is 0 Å². The van der Waals surface area contributed by atoms with Crippen molar-refractivity contribution in [1.29, 1.82) is 0 Å². The Bertz CT molecular complexity index is 986. The first kappa shape index (κ1) is 17.9. The van der Waals surface area contributed by atoms with E-state index in [9.17, 15) is 0 Å². The molecule has 0 radical (unpaired) electrons. The lowest BCUT2D eigenvalue weighted by atomic mass is 10.00. The van der Waals surface area contributed by atoms with E-state index >= 15 is 0 Å². The second-order valence-corrected chi connectivity index (χ2v) is 7.12. The first-order valence-electron chi connectivity index (χ1n) is 9.79. The summed E-state index contributed by atoms with van der Waals surface area (Å²) in [6.45, 7) is 1.12. The molecule has 0 spiro atoms. The van der Waals surface area contributed by atoms with Crippen molar-refractivity contribution >= 4 is 0 Å². The SMILES string of the molecule is c1ccc(COC(CCc2ccc3c(c2)OCO3)c2ccc3c(c2)OCO3)cc1. The number of aryl methyl sites for hydroxylation is 1. The van der Waals surface area contributed by atoms with E-state index in [0.717, 1.165) is 47.0 Å². The van der Waals surface area contributed by atoms with Crippen LogP contribution in [0.1, 0.15) is 29.2 Å². The summed E-state index contributed by atoms with van der Waals surface area (Å²) in [5.74, 6) is 3.18. The highest BCUT2D eigenvalue weighted by Gasteiger charge is 2.20. The Balaban J connectivity index is 1.33. The molecule has 5 rings (SSSR count). The third kappa shape index (κ3) is 4.00. The normalized spacial score (nSPS) is 14.8. The molecule has 0 saturated heterocycles. The summed E-state index contributed by atoms with van der Waals surface area (Å²) >= 11 is 0. The summed E-state index contributed by atoms with van der Waals surface area (Å²) in [5, 5.41) is 0. The summed E-state index contributed by atoms with van der Waals surface area (Å²) in [5.41, 5.74) is 3.44. The van der Waals surface area contributed by atoms with E-state index in [-0.39, 0.29) is 12.9 Å². The van der Waals surface area contributed by atoms with Crippen molar-refractivity contribution < 1.29 is 23.7 Å². The zero-order valence-corrected chi connectivity index (χ0v) is 16.0. The average Bonchev–Trinajstić information content (AvgIpc) is 3.43. The maximum atomic E-state index is 6.34. The van der Waals surface area contributed by atoms with Crippen molar-refractivity contribution in [3.63, 3.8) is 0 Å². The maximum Gasteiger partial charge on any atom is 0.231 e. The van der Waals surface area contributed by atoms with Gasteiger partial charge in [-0.2, -0.15) is 0 Å². The van der Waals surface area contributed by atoms with Gasteiger partial charge in [-0.05, 0) is 53.8 Å². The molecule has 0 aliphatic carbocycles. The number of ether oxygens (including phenoxy) is 5. The molecule has 5 heteroatoms. The van der Waals surface area contributed by atoms with Gasteiger partial charge in [0.25, 0.3) is 0 Å². The average molecular weight is 390 g/mol. The van der Waals surface area contributed by atoms with Crippen molar-refractivity contribution in [2.75, 3.05) is 13.6 Å². The van der Waals surface area contributed by atoms with Crippen LogP contribution in [0, 0.1) is 0 Å². The Morgan fingerprint density at radius 1 is 0.690 bits per heavy atom. The summed E-state index contributed by atoms with van der Waals surface area (Å²) in [6, 6.07) is 22.4. The van der Waals surface area contributed by atoms with Gasteiger partial charge in [0.05, 0.1) is 12.7 Å². The van der Waals surface area contributed by atoms with Crippen LogP contribution >= 0.6 is 0 Å². The predicted octanol–water partition coefficient (Wildman–Crippen LogP) is 5.03. The van der Waals surface area contributed by atoms with Gasteiger partial charge >= 0.3 is 0 Å². The lowest BCUT2D eigenvalue weighted by Crippen LogP contribution is -2.06. The zero-order chi connectivity index (χ0) is 19.5. The Morgan fingerprint density at radius 2 is 1.38 bits per heavy atom. The van der Waals surface area contributed by atoms with Gasteiger partial charge in [0.1, 0.15) is 0 Å². The monoisotopic (exact) mass is 390 g/mol. The van der Waals surface area contributed by atoms with E-state index in [1.807, 2.05) is 36.4 Å². The smallest absolute Gasteiger partial charge is 0.231 e. The first-order chi connectivity index (χ1) is 14.3. The van der Waals surface area contributed by atoms with E-state index < -0.39 is 0 Å². The van der Waals surface area contributed by atoms with Crippen LogP contribution < -0.4 is 18.9 Å². The Kier molecular flexibility index (Phi) is 4.97. The van der Waals surface area contributed by atoms with Crippen LogP contribution in [0.4, 0.5) is 0 Å². The summed E-state index contributed by atoms with van der Waals surface area (Å²) in [7, 11) is 0. The van der Waals surface area contributed by atoms with Gasteiger partial charge in [0.2, 0.25) is 13.6 Å². The molecule has 5 nitrogen and oxygen atoms in total. The number of rotatable bonds is 7. The Labute approximate surface area is 169 Å². The van der Waals surface area contributed by atoms with Gasteiger partial charge in [-0.25, -0.2) is 0 Å². The standard InChI is InChI=1S/C24H22O5/c1-2-4-18(5-3-1)14-25-20(19-8-11-22-24(13-19)29-16-27-22)9-6-17-7-10-21-23(12-17)28-15-26-21/h1-5,7-8,10-13,20H,6,9,14-16H2. The summed E-state index contributed by atoms with van der Waals surface area (Å²) in [6.07, 6.45) is 1.64. The minimum Gasteiger partial charge on any atom is -0.454 e. The van der Waals surface area contributed by atoms with Crippen LogP contribution in [0.25, 0.3) is 0 Å². The van der Waals surface area contributed by atoms with Crippen molar-refractivity contribution in [2.45, 2.75) is 25.6 Å². The van der Waals surface area contributed by atoms with Crippen molar-refractivity contribution in [3.8, 4) is 23.0 Å². The van der Waals surface area contributed by atoms with Crippen molar-refractivity contribution in [3.05, 3.63) is 83.4 Å². The number of hydrogen-bond acceptors (Lipinski definition) is 5. The zero-order valence-electron chi connectivity index (χ0n) is 16.0. The second kappa shape index (κ2) is 8.05. The molecule has 1 atom stereocenters. The molecule has 0 N–H and O–H groups in total. The fourth-order valence-electron chi connectivity index (χ4n) is 3.62. The predicted molar refractivity (Wildman–Crippen MR) is 107 cm³/mol. The highest BCUT2D eigenvalue weighted by atomic mass is 16.7. The molecular formula is C24H22O5. The molecule has 2 heterocycles. The Hall–Kier alpha value is -3.18.